The predicted molar refractivity (Wildman–Crippen MR) is 142 cm³/mol. The van der Waals surface area contributed by atoms with E-state index in [-0.39, 0.29) is 21.9 Å². The smallest absolute Gasteiger partial charge is 0.300 e. The van der Waals surface area contributed by atoms with Crippen LogP contribution >= 0.6 is 11.6 Å². The summed E-state index contributed by atoms with van der Waals surface area (Å²) in [7, 11) is 1.50. The van der Waals surface area contributed by atoms with Crippen molar-refractivity contribution in [3.8, 4) is 5.75 Å². The number of rotatable bonds is 5. The number of H-pyrrole nitrogens is 1. The number of carbonyl (C=O) groups is 2. The lowest BCUT2D eigenvalue weighted by atomic mass is 9.93. The molecule has 0 bridgehead atoms. The number of amides is 1. The third-order valence-corrected chi connectivity index (χ3v) is 7.04. The molecular weight excluding hydrogens is 476 g/mol. The largest absolute Gasteiger partial charge is 0.507 e. The van der Waals surface area contributed by atoms with Crippen LogP contribution in [0, 0.1) is 6.92 Å². The lowest BCUT2D eigenvalue weighted by molar-refractivity contribution is -0.132. The highest BCUT2D eigenvalue weighted by Gasteiger charge is 2.48. The van der Waals surface area contributed by atoms with Crippen LogP contribution < -0.4 is 9.64 Å². The second-order valence-corrected chi connectivity index (χ2v) is 9.15. The van der Waals surface area contributed by atoms with Gasteiger partial charge in [0.25, 0.3) is 11.7 Å². The zero-order valence-electron chi connectivity index (χ0n) is 20.1. The second-order valence-electron chi connectivity index (χ2n) is 8.74. The van der Waals surface area contributed by atoms with Crippen LogP contribution in [0.2, 0.25) is 5.02 Å². The van der Waals surface area contributed by atoms with E-state index in [0.29, 0.717) is 11.4 Å². The fourth-order valence-corrected chi connectivity index (χ4v) is 5.08. The summed E-state index contributed by atoms with van der Waals surface area (Å²) >= 11 is 6.43. The van der Waals surface area contributed by atoms with Gasteiger partial charge in [-0.15, -0.1) is 0 Å². The van der Waals surface area contributed by atoms with Crippen molar-refractivity contribution in [3.05, 3.63) is 99.7 Å². The van der Waals surface area contributed by atoms with Crippen molar-refractivity contribution >= 4 is 45.6 Å². The van der Waals surface area contributed by atoms with Crippen LogP contribution in [-0.4, -0.2) is 28.9 Å². The number of benzene rings is 3. The number of aromatic amines is 1. The summed E-state index contributed by atoms with van der Waals surface area (Å²) in [6, 6.07) is 19.2. The molecule has 1 saturated heterocycles. The van der Waals surface area contributed by atoms with Crippen molar-refractivity contribution in [1.82, 2.24) is 4.98 Å². The Bertz CT molecular complexity index is 1530. The number of ether oxygens (including phenoxy) is 1. The lowest BCUT2D eigenvalue weighted by Gasteiger charge is -2.26. The maximum Gasteiger partial charge on any atom is 0.300 e. The molecule has 1 aliphatic rings. The molecule has 7 heteroatoms. The number of nitrogens with one attached hydrogen (secondary N) is 1. The number of ketones is 1. The highest BCUT2D eigenvalue weighted by molar-refractivity contribution is 6.52. The molecule has 2 heterocycles. The van der Waals surface area contributed by atoms with E-state index >= 15 is 0 Å². The molecule has 1 fully saturated rings. The quantitative estimate of drug-likeness (QED) is 0.191. The summed E-state index contributed by atoms with van der Waals surface area (Å²) in [5.41, 5.74) is 4.28. The normalized spacial score (nSPS) is 17.2. The van der Waals surface area contributed by atoms with Crippen LogP contribution in [0.15, 0.2) is 72.3 Å². The number of aliphatic hydroxyl groups is 1. The summed E-state index contributed by atoms with van der Waals surface area (Å²) in [4.78, 5) is 31.9. The van der Waals surface area contributed by atoms with Crippen LogP contribution in [0.25, 0.3) is 16.7 Å². The van der Waals surface area contributed by atoms with E-state index < -0.39 is 17.7 Å². The molecule has 1 unspecified atom stereocenters. The minimum atomic E-state index is -0.865. The molecule has 36 heavy (non-hydrogen) atoms. The Labute approximate surface area is 213 Å². The molecule has 3 aromatic carbocycles. The summed E-state index contributed by atoms with van der Waals surface area (Å²) in [5, 5.41) is 12.6. The van der Waals surface area contributed by atoms with E-state index in [1.165, 1.54) is 12.0 Å². The van der Waals surface area contributed by atoms with Gasteiger partial charge in [-0.1, -0.05) is 48.9 Å². The summed E-state index contributed by atoms with van der Waals surface area (Å²) in [5.74, 6) is -1.38. The molecule has 0 aliphatic carbocycles. The van der Waals surface area contributed by atoms with Crippen LogP contribution in [0.1, 0.15) is 35.3 Å². The molecule has 2 N–H and O–H groups in total. The Balaban J connectivity index is 1.81. The predicted octanol–water partition coefficient (Wildman–Crippen LogP) is 6.33. The fraction of sp³-hybridized carbons (Fsp3) is 0.172. The topological polar surface area (TPSA) is 82.6 Å². The number of Topliss-reactive ketones (excluding diaryl/α,β-unsaturated/α-hetero) is 1. The van der Waals surface area contributed by atoms with Gasteiger partial charge < -0.3 is 14.8 Å². The first-order valence-electron chi connectivity index (χ1n) is 11.7. The van der Waals surface area contributed by atoms with Gasteiger partial charge >= 0.3 is 0 Å². The molecule has 6 nitrogen and oxygen atoms in total. The second kappa shape index (κ2) is 9.21. The number of hydrogen-bond acceptors (Lipinski definition) is 4. The number of aromatic nitrogens is 1. The highest BCUT2D eigenvalue weighted by Crippen LogP contribution is 2.46. The minimum absolute atomic E-state index is 0.0254. The third kappa shape index (κ3) is 3.74. The van der Waals surface area contributed by atoms with Gasteiger partial charge in [-0.3, -0.25) is 14.5 Å². The number of carbonyl (C=O) groups excluding carboxylic acids is 2. The van der Waals surface area contributed by atoms with Gasteiger partial charge in [0.2, 0.25) is 0 Å². The molecule has 0 radical (unpaired) electrons. The molecule has 1 aliphatic heterocycles. The number of methoxy groups -OCH3 is 1. The SMILES string of the molecule is CCc1ccc(N2C(=O)C(=O)/C(=C(/O)c3cc(OC)ccc3Cl)C2c2c(C)[nH]c3ccccc23)cc1. The van der Waals surface area contributed by atoms with Crippen molar-refractivity contribution in [3.63, 3.8) is 0 Å². The fourth-order valence-electron chi connectivity index (χ4n) is 4.87. The van der Waals surface area contributed by atoms with Crippen molar-refractivity contribution in [2.45, 2.75) is 26.3 Å². The van der Waals surface area contributed by atoms with Gasteiger partial charge in [0.1, 0.15) is 11.5 Å². The summed E-state index contributed by atoms with van der Waals surface area (Å²) < 4.78 is 5.30. The molecule has 0 saturated carbocycles. The van der Waals surface area contributed by atoms with Crippen LogP contribution in [-0.2, 0) is 16.0 Å². The number of para-hydroxylation sites is 1. The van der Waals surface area contributed by atoms with Gasteiger partial charge in [-0.2, -0.15) is 0 Å². The monoisotopic (exact) mass is 500 g/mol. The van der Waals surface area contributed by atoms with Gasteiger partial charge in [-0.25, -0.2) is 0 Å². The number of aliphatic hydroxyl groups excluding tert-OH is 1. The molecule has 1 aromatic heterocycles. The maximum atomic E-state index is 13.6. The highest BCUT2D eigenvalue weighted by atomic mass is 35.5. The molecule has 5 rings (SSSR count). The van der Waals surface area contributed by atoms with Gasteiger partial charge in [0, 0.05) is 33.4 Å². The Morgan fingerprint density at radius 1 is 1.08 bits per heavy atom. The first-order valence-corrected chi connectivity index (χ1v) is 12.0. The Morgan fingerprint density at radius 3 is 2.50 bits per heavy atom. The average Bonchev–Trinajstić information content (AvgIpc) is 3.36. The van der Waals surface area contributed by atoms with E-state index in [1.807, 2.05) is 55.5 Å². The molecule has 182 valence electrons. The molecule has 1 atom stereocenters. The van der Waals surface area contributed by atoms with Crippen molar-refractivity contribution in [1.29, 1.82) is 0 Å². The van der Waals surface area contributed by atoms with E-state index in [4.69, 9.17) is 16.3 Å². The lowest BCUT2D eigenvalue weighted by Crippen LogP contribution is -2.29. The Morgan fingerprint density at radius 2 is 1.81 bits per heavy atom. The van der Waals surface area contributed by atoms with Crippen LogP contribution in [0.4, 0.5) is 5.69 Å². The molecule has 0 spiro atoms. The van der Waals surface area contributed by atoms with Gasteiger partial charge in [-0.05, 0) is 55.3 Å². The number of aryl methyl sites for hydroxylation is 2. The minimum Gasteiger partial charge on any atom is -0.507 e. The van der Waals surface area contributed by atoms with E-state index in [9.17, 15) is 14.7 Å². The maximum absolute atomic E-state index is 13.6. The Hall–Kier alpha value is -4.03. The molecule has 4 aromatic rings. The van der Waals surface area contributed by atoms with E-state index in [2.05, 4.69) is 11.9 Å². The van der Waals surface area contributed by atoms with Crippen LogP contribution in [0.3, 0.4) is 0 Å². The zero-order chi connectivity index (χ0) is 25.6. The number of nitrogens with zero attached hydrogens (tertiary/aromatic N) is 1. The first kappa shape index (κ1) is 23.7. The standard InChI is InChI=1S/C29H25ClN2O4/c1-4-17-9-11-18(12-10-17)32-26(24-16(2)31-23-8-6-5-7-20(23)24)25(28(34)29(32)35)27(33)21-15-19(36-3)13-14-22(21)30/h5-15,26,31,33H,4H2,1-3H3/b27-25+. The third-order valence-electron chi connectivity index (χ3n) is 6.71. The van der Waals surface area contributed by atoms with Gasteiger partial charge in [0.15, 0.2) is 0 Å². The summed E-state index contributed by atoms with van der Waals surface area (Å²) in [6.45, 7) is 3.95. The van der Waals surface area contributed by atoms with Crippen molar-refractivity contribution in [2.75, 3.05) is 12.0 Å². The number of halogens is 1. The first-order chi connectivity index (χ1) is 17.3. The van der Waals surface area contributed by atoms with Crippen molar-refractivity contribution in [2.24, 2.45) is 0 Å². The van der Waals surface area contributed by atoms with E-state index in [1.54, 1.807) is 18.2 Å². The average molecular weight is 501 g/mol. The van der Waals surface area contributed by atoms with Gasteiger partial charge in [0.05, 0.1) is 23.7 Å². The summed E-state index contributed by atoms with van der Waals surface area (Å²) in [6.07, 6.45) is 0.846. The van der Waals surface area contributed by atoms with Crippen LogP contribution in [0.5, 0.6) is 5.75 Å². The van der Waals surface area contributed by atoms with E-state index in [0.717, 1.165) is 34.1 Å². The van der Waals surface area contributed by atoms with Crippen molar-refractivity contribution < 1.29 is 19.4 Å². The number of fused-ring (bicyclic) bond motifs is 1. The molecular formula is C29H25ClN2O4. The number of hydrogen-bond donors (Lipinski definition) is 2. The Kier molecular flexibility index (Phi) is 6.06. The zero-order valence-corrected chi connectivity index (χ0v) is 20.9. The molecule has 1 amide bonds. The number of anilines is 1.